The van der Waals surface area contributed by atoms with Crippen LogP contribution >= 0.6 is 0 Å². The highest BCUT2D eigenvalue weighted by Gasteiger charge is 2.58. The van der Waals surface area contributed by atoms with Crippen LogP contribution in [-0.4, -0.2) is 24.8 Å². The number of methoxy groups -OCH3 is 1. The first kappa shape index (κ1) is 17.7. The highest BCUT2D eigenvalue weighted by Crippen LogP contribution is 2.66. The van der Waals surface area contributed by atoms with Crippen molar-refractivity contribution in [1.82, 2.24) is 4.98 Å². The van der Waals surface area contributed by atoms with Crippen LogP contribution in [0.2, 0.25) is 0 Å². The van der Waals surface area contributed by atoms with Gasteiger partial charge in [0.15, 0.2) is 0 Å². The van der Waals surface area contributed by atoms with Crippen molar-refractivity contribution in [2.45, 2.75) is 64.9 Å². The summed E-state index contributed by atoms with van der Waals surface area (Å²) in [5.74, 6) is 3.32. The molecule has 5 rings (SSSR count). The molecule has 2 heterocycles. The molecule has 3 fully saturated rings. The highest BCUT2D eigenvalue weighted by molar-refractivity contribution is 5.73. The smallest absolute Gasteiger partial charge is 0.137 e. The van der Waals surface area contributed by atoms with Crippen LogP contribution in [0.3, 0.4) is 0 Å². The van der Waals surface area contributed by atoms with Crippen LogP contribution in [0.15, 0.2) is 24.5 Å². The van der Waals surface area contributed by atoms with Gasteiger partial charge < -0.3 is 9.47 Å². The molecular weight excluding hydrogens is 334 g/mol. The Kier molecular flexibility index (Phi) is 4.16. The molecule has 0 bridgehead atoms. The SMILES string of the molecule is COc1cncc(C2=CC[C@H]3C4CCC5OCCCC5(C)C4CCC23C)c1. The van der Waals surface area contributed by atoms with Gasteiger partial charge in [0, 0.05) is 12.8 Å². The summed E-state index contributed by atoms with van der Waals surface area (Å²) in [6, 6.07) is 2.17. The molecule has 2 saturated carbocycles. The van der Waals surface area contributed by atoms with E-state index in [2.05, 4.69) is 31.0 Å². The molecule has 6 atom stereocenters. The number of fused-ring (bicyclic) bond motifs is 5. The lowest BCUT2D eigenvalue weighted by atomic mass is 9.47. The van der Waals surface area contributed by atoms with E-state index in [1.165, 1.54) is 56.1 Å². The molecule has 1 aromatic heterocycles. The van der Waals surface area contributed by atoms with E-state index in [-0.39, 0.29) is 5.41 Å². The van der Waals surface area contributed by atoms with Crippen molar-refractivity contribution in [3.05, 3.63) is 30.1 Å². The molecule has 1 aromatic rings. The van der Waals surface area contributed by atoms with Crippen LogP contribution in [0.1, 0.15) is 64.4 Å². The highest BCUT2D eigenvalue weighted by atomic mass is 16.5. The van der Waals surface area contributed by atoms with Gasteiger partial charge in [-0.2, -0.15) is 0 Å². The second kappa shape index (κ2) is 6.34. The molecule has 3 heteroatoms. The normalized spacial score (nSPS) is 43.3. The molecule has 1 saturated heterocycles. The van der Waals surface area contributed by atoms with Crippen LogP contribution in [0.25, 0.3) is 5.57 Å². The minimum atomic E-state index is 0.286. The molecule has 1 aliphatic heterocycles. The van der Waals surface area contributed by atoms with E-state index in [1.807, 2.05) is 6.20 Å². The fourth-order valence-corrected chi connectivity index (χ4v) is 7.41. The summed E-state index contributed by atoms with van der Waals surface area (Å²) < 4.78 is 11.7. The number of pyridine rings is 1. The maximum atomic E-state index is 6.25. The maximum Gasteiger partial charge on any atom is 0.137 e. The fourth-order valence-electron chi connectivity index (χ4n) is 7.41. The predicted octanol–water partition coefficient (Wildman–Crippen LogP) is 5.51. The summed E-state index contributed by atoms with van der Waals surface area (Å²) >= 11 is 0. The van der Waals surface area contributed by atoms with Gasteiger partial charge in [-0.25, -0.2) is 0 Å². The largest absolute Gasteiger partial charge is 0.495 e. The summed E-state index contributed by atoms with van der Waals surface area (Å²) in [4.78, 5) is 4.43. The first-order valence-electron chi connectivity index (χ1n) is 10.9. The average Bonchev–Trinajstić information content (AvgIpc) is 3.05. The molecule has 146 valence electrons. The quantitative estimate of drug-likeness (QED) is 0.691. The Morgan fingerprint density at radius 2 is 2.00 bits per heavy atom. The van der Waals surface area contributed by atoms with Crippen LogP contribution in [-0.2, 0) is 4.74 Å². The third-order valence-electron chi connectivity index (χ3n) is 8.80. The molecule has 27 heavy (non-hydrogen) atoms. The van der Waals surface area contributed by atoms with Crippen molar-refractivity contribution in [3.8, 4) is 5.75 Å². The molecule has 5 unspecified atom stereocenters. The number of allylic oxidation sites excluding steroid dienone is 2. The third-order valence-corrected chi connectivity index (χ3v) is 8.80. The van der Waals surface area contributed by atoms with Gasteiger partial charge in [0.25, 0.3) is 0 Å². The van der Waals surface area contributed by atoms with Gasteiger partial charge in [-0.3, -0.25) is 4.98 Å². The monoisotopic (exact) mass is 367 g/mol. The van der Waals surface area contributed by atoms with E-state index < -0.39 is 0 Å². The second-order valence-electron chi connectivity index (χ2n) is 9.85. The maximum absolute atomic E-state index is 6.25. The van der Waals surface area contributed by atoms with E-state index in [0.29, 0.717) is 11.5 Å². The van der Waals surface area contributed by atoms with Crippen LogP contribution in [0, 0.1) is 28.6 Å². The summed E-state index contributed by atoms with van der Waals surface area (Å²) in [7, 11) is 1.73. The molecule has 3 aliphatic carbocycles. The van der Waals surface area contributed by atoms with Crippen molar-refractivity contribution in [3.63, 3.8) is 0 Å². The number of nitrogens with zero attached hydrogens (tertiary/aromatic N) is 1. The molecule has 3 nitrogen and oxygen atoms in total. The third kappa shape index (κ3) is 2.53. The fraction of sp³-hybridized carbons (Fsp3) is 0.708. The lowest BCUT2D eigenvalue weighted by Crippen LogP contribution is -2.55. The van der Waals surface area contributed by atoms with Gasteiger partial charge in [0.1, 0.15) is 5.75 Å². The Hall–Kier alpha value is -1.35. The molecule has 0 radical (unpaired) electrons. The van der Waals surface area contributed by atoms with E-state index in [9.17, 15) is 0 Å². The lowest BCUT2D eigenvalue weighted by Gasteiger charge is -2.59. The Morgan fingerprint density at radius 3 is 2.85 bits per heavy atom. The van der Waals surface area contributed by atoms with Gasteiger partial charge in [0.05, 0.1) is 19.4 Å². The summed E-state index contributed by atoms with van der Waals surface area (Å²) in [6.07, 6.45) is 16.0. The Morgan fingerprint density at radius 1 is 1.11 bits per heavy atom. The van der Waals surface area contributed by atoms with Crippen LogP contribution in [0.5, 0.6) is 5.75 Å². The first-order valence-corrected chi connectivity index (χ1v) is 10.9. The zero-order valence-corrected chi connectivity index (χ0v) is 17.0. The second-order valence-corrected chi connectivity index (χ2v) is 9.85. The van der Waals surface area contributed by atoms with E-state index in [1.54, 1.807) is 13.3 Å². The van der Waals surface area contributed by atoms with E-state index in [0.717, 1.165) is 30.1 Å². The summed E-state index contributed by atoms with van der Waals surface area (Å²) in [6.45, 7) is 6.05. The van der Waals surface area contributed by atoms with Crippen molar-refractivity contribution >= 4 is 5.57 Å². The standard InChI is InChI=1S/C24H33NO2/c1-23-11-9-21-18(5-8-22-24(21,2)10-4-12-27-22)20(23)7-6-19(23)16-13-17(26-3)15-25-14-16/h6,13-15,18,20-22H,4-5,7-12H2,1-3H3/t18?,20-,21?,22?,23?,24?/m0/s1. The Bertz CT molecular complexity index is 759. The van der Waals surface area contributed by atoms with Gasteiger partial charge in [-0.05, 0) is 90.7 Å². The zero-order chi connectivity index (χ0) is 18.6. The Balaban J connectivity index is 1.45. The Labute approximate surface area is 163 Å². The van der Waals surface area contributed by atoms with Crippen molar-refractivity contribution < 1.29 is 9.47 Å². The van der Waals surface area contributed by atoms with Gasteiger partial charge in [-0.1, -0.05) is 19.9 Å². The molecule has 0 aromatic carbocycles. The zero-order valence-electron chi connectivity index (χ0n) is 17.0. The summed E-state index contributed by atoms with van der Waals surface area (Å²) in [5, 5.41) is 0. The van der Waals surface area contributed by atoms with E-state index >= 15 is 0 Å². The minimum absolute atomic E-state index is 0.286. The van der Waals surface area contributed by atoms with Crippen LogP contribution in [0.4, 0.5) is 0 Å². The topological polar surface area (TPSA) is 31.4 Å². The van der Waals surface area contributed by atoms with Crippen molar-refractivity contribution in [2.75, 3.05) is 13.7 Å². The number of rotatable bonds is 2. The number of hydrogen-bond acceptors (Lipinski definition) is 3. The summed E-state index contributed by atoms with van der Waals surface area (Å²) in [5.41, 5.74) is 3.47. The molecule has 0 spiro atoms. The van der Waals surface area contributed by atoms with E-state index in [4.69, 9.17) is 9.47 Å². The number of hydrogen-bond donors (Lipinski definition) is 0. The van der Waals surface area contributed by atoms with Gasteiger partial charge in [-0.15, -0.1) is 0 Å². The molecule has 0 N–H and O–H groups in total. The van der Waals surface area contributed by atoms with Crippen LogP contribution < -0.4 is 4.74 Å². The van der Waals surface area contributed by atoms with Crippen molar-refractivity contribution in [2.24, 2.45) is 28.6 Å². The number of aromatic nitrogens is 1. The number of ether oxygens (including phenoxy) is 2. The predicted molar refractivity (Wildman–Crippen MR) is 108 cm³/mol. The van der Waals surface area contributed by atoms with Gasteiger partial charge >= 0.3 is 0 Å². The average molecular weight is 368 g/mol. The molecular formula is C24H33NO2. The molecule has 0 amide bonds. The lowest BCUT2D eigenvalue weighted by molar-refractivity contribution is -0.168. The van der Waals surface area contributed by atoms with Gasteiger partial charge in [0.2, 0.25) is 0 Å². The molecule has 4 aliphatic rings. The van der Waals surface area contributed by atoms with Crippen molar-refractivity contribution in [1.29, 1.82) is 0 Å². The minimum Gasteiger partial charge on any atom is -0.495 e. The first-order chi connectivity index (χ1) is 13.1.